The number of rotatable bonds is 2. The van der Waals surface area contributed by atoms with Crippen LogP contribution in [0.4, 0.5) is 4.79 Å². The summed E-state index contributed by atoms with van der Waals surface area (Å²) < 4.78 is 4.65. The Balaban J connectivity index is 2.31. The summed E-state index contributed by atoms with van der Waals surface area (Å²) >= 11 is 0. The van der Waals surface area contributed by atoms with Gasteiger partial charge < -0.3 is 15.4 Å². The molecule has 4 heteroatoms. The largest absolute Gasteiger partial charge is 0.448 e. The first kappa shape index (κ1) is 6.35. The fourth-order valence-corrected chi connectivity index (χ4v) is 0.785. The lowest BCUT2D eigenvalue weighted by Gasteiger charge is -2.08. The van der Waals surface area contributed by atoms with Crippen molar-refractivity contribution in [3.05, 3.63) is 0 Å². The molecule has 0 aromatic heterocycles. The van der Waals surface area contributed by atoms with Gasteiger partial charge in [0.2, 0.25) is 0 Å². The molecule has 0 atom stereocenters. The zero-order valence-corrected chi connectivity index (χ0v) is 5.17. The standard InChI is InChI=1S/C5H10N2O2/c6-1-2-7-3-4-9-5(7)8/h1-4,6H2. The molecule has 0 spiro atoms. The van der Waals surface area contributed by atoms with Crippen molar-refractivity contribution in [1.29, 1.82) is 0 Å². The first-order chi connectivity index (χ1) is 4.34. The normalized spacial score (nSPS) is 18.3. The van der Waals surface area contributed by atoms with E-state index in [-0.39, 0.29) is 6.09 Å². The Morgan fingerprint density at radius 1 is 1.78 bits per heavy atom. The van der Waals surface area contributed by atoms with Gasteiger partial charge in [-0.1, -0.05) is 0 Å². The summed E-state index contributed by atoms with van der Waals surface area (Å²) in [7, 11) is 0. The number of hydrogen-bond acceptors (Lipinski definition) is 3. The molecule has 0 unspecified atom stereocenters. The molecule has 2 N–H and O–H groups in total. The molecule has 4 nitrogen and oxygen atoms in total. The Labute approximate surface area is 53.6 Å². The topological polar surface area (TPSA) is 55.6 Å². The van der Waals surface area contributed by atoms with Crippen molar-refractivity contribution in [2.75, 3.05) is 26.2 Å². The molecule has 1 amide bonds. The average molecular weight is 130 g/mol. The highest BCUT2D eigenvalue weighted by molar-refractivity contribution is 5.69. The molecular formula is C5H10N2O2. The van der Waals surface area contributed by atoms with Crippen LogP contribution in [0.15, 0.2) is 0 Å². The van der Waals surface area contributed by atoms with Crippen LogP contribution in [0.2, 0.25) is 0 Å². The summed E-state index contributed by atoms with van der Waals surface area (Å²) in [4.78, 5) is 12.2. The molecule has 1 saturated heterocycles. The minimum atomic E-state index is -0.236. The van der Waals surface area contributed by atoms with E-state index in [0.717, 1.165) is 0 Å². The van der Waals surface area contributed by atoms with Gasteiger partial charge in [-0.25, -0.2) is 4.79 Å². The lowest BCUT2D eigenvalue weighted by molar-refractivity contribution is 0.159. The second-order valence-corrected chi connectivity index (χ2v) is 1.89. The molecule has 1 fully saturated rings. The van der Waals surface area contributed by atoms with E-state index < -0.39 is 0 Å². The summed E-state index contributed by atoms with van der Waals surface area (Å²) in [5.74, 6) is 0. The smallest absolute Gasteiger partial charge is 0.409 e. The van der Waals surface area contributed by atoms with E-state index in [1.807, 2.05) is 0 Å². The highest BCUT2D eigenvalue weighted by atomic mass is 16.6. The van der Waals surface area contributed by atoms with Crippen LogP contribution in [-0.2, 0) is 4.74 Å². The lowest BCUT2D eigenvalue weighted by Crippen LogP contribution is -2.29. The minimum Gasteiger partial charge on any atom is -0.448 e. The van der Waals surface area contributed by atoms with Crippen molar-refractivity contribution in [2.45, 2.75) is 0 Å². The molecule has 1 aliphatic heterocycles. The maximum absolute atomic E-state index is 10.6. The molecule has 52 valence electrons. The van der Waals surface area contributed by atoms with Crippen molar-refractivity contribution < 1.29 is 9.53 Å². The molecule has 0 bridgehead atoms. The fourth-order valence-electron chi connectivity index (χ4n) is 0.785. The van der Waals surface area contributed by atoms with Crippen LogP contribution >= 0.6 is 0 Å². The highest BCUT2D eigenvalue weighted by Crippen LogP contribution is 2.00. The Morgan fingerprint density at radius 3 is 3.00 bits per heavy atom. The van der Waals surface area contributed by atoms with E-state index in [1.165, 1.54) is 0 Å². The molecule has 9 heavy (non-hydrogen) atoms. The van der Waals surface area contributed by atoms with E-state index in [0.29, 0.717) is 26.2 Å². The van der Waals surface area contributed by atoms with Crippen LogP contribution in [0.3, 0.4) is 0 Å². The van der Waals surface area contributed by atoms with Crippen molar-refractivity contribution in [3.8, 4) is 0 Å². The fraction of sp³-hybridized carbons (Fsp3) is 0.800. The molecular weight excluding hydrogens is 120 g/mol. The van der Waals surface area contributed by atoms with Crippen molar-refractivity contribution in [3.63, 3.8) is 0 Å². The van der Waals surface area contributed by atoms with Crippen molar-refractivity contribution in [1.82, 2.24) is 4.90 Å². The van der Waals surface area contributed by atoms with Gasteiger partial charge >= 0.3 is 6.09 Å². The van der Waals surface area contributed by atoms with Crippen LogP contribution in [0.25, 0.3) is 0 Å². The number of nitrogens with two attached hydrogens (primary N) is 1. The van der Waals surface area contributed by atoms with E-state index in [2.05, 4.69) is 4.74 Å². The van der Waals surface area contributed by atoms with Gasteiger partial charge in [0.05, 0.1) is 6.54 Å². The first-order valence-electron chi connectivity index (χ1n) is 2.96. The monoisotopic (exact) mass is 130 g/mol. The molecule has 0 aliphatic carbocycles. The summed E-state index contributed by atoms with van der Waals surface area (Å²) in [5, 5.41) is 0. The van der Waals surface area contributed by atoms with Gasteiger partial charge in [0.1, 0.15) is 6.61 Å². The summed E-state index contributed by atoms with van der Waals surface area (Å²) in [6, 6.07) is 0. The van der Waals surface area contributed by atoms with Crippen LogP contribution in [0.5, 0.6) is 0 Å². The number of amides is 1. The third-order valence-corrected chi connectivity index (χ3v) is 1.24. The zero-order valence-electron chi connectivity index (χ0n) is 5.17. The Bertz CT molecular complexity index is 116. The highest BCUT2D eigenvalue weighted by Gasteiger charge is 2.19. The van der Waals surface area contributed by atoms with Crippen molar-refractivity contribution >= 4 is 6.09 Å². The molecule has 0 saturated carbocycles. The zero-order chi connectivity index (χ0) is 6.69. The van der Waals surface area contributed by atoms with Gasteiger partial charge in [-0.2, -0.15) is 0 Å². The van der Waals surface area contributed by atoms with Crippen LogP contribution in [0.1, 0.15) is 0 Å². The third kappa shape index (κ3) is 1.32. The number of carbonyl (C=O) groups is 1. The number of nitrogens with zero attached hydrogens (tertiary/aromatic N) is 1. The van der Waals surface area contributed by atoms with Gasteiger partial charge in [-0.15, -0.1) is 0 Å². The maximum Gasteiger partial charge on any atom is 0.409 e. The minimum absolute atomic E-state index is 0.236. The number of ether oxygens (including phenoxy) is 1. The SMILES string of the molecule is NCCN1CCOC1=O. The van der Waals surface area contributed by atoms with Gasteiger partial charge in [0.25, 0.3) is 0 Å². The van der Waals surface area contributed by atoms with Gasteiger partial charge in [-0.05, 0) is 0 Å². The van der Waals surface area contributed by atoms with Gasteiger partial charge in [0.15, 0.2) is 0 Å². The third-order valence-electron chi connectivity index (χ3n) is 1.24. The number of carbonyl (C=O) groups excluding carboxylic acids is 1. The Hall–Kier alpha value is -0.770. The molecule has 1 aliphatic rings. The van der Waals surface area contributed by atoms with E-state index in [1.54, 1.807) is 4.90 Å². The van der Waals surface area contributed by atoms with Crippen LogP contribution in [-0.4, -0.2) is 37.2 Å². The summed E-state index contributed by atoms with van der Waals surface area (Å²) in [5.41, 5.74) is 5.22. The predicted octanol–water partition coefficient (Wildman–Crippen LogP) is -0.603. The van der Waals surface area contributed by atoms with Gasteiger partial charge in [0, 0.05) is 13.1 Å². The maximum atomic E-state index is 10.6. The quantitative estimate of drug-likeness (QED) is 0.543. The van der Waals surface area contributed by atoms with E-state index in [4.69, 9.17) is 5.73 Å². The Kier molecular flexibility index (Phi) is 1.89. The molecule has 0 aromatic carbocycles. The number of hydrogen-bond donors (Lipinski definition) is 1. The second kappa shape index (κ2) is 2.68. The first-order valence-corrected chi connectivity index (χ1v) is 2.96. The average Bonchev–Trinajstić information content (AvgIpc) is 2.18. The molecule has 1 rings (SSSR count). The number of cyclic esters (lactones) is 1. The lowest BCUT2D eigenvalue weighted by atomic mass is 10.5. The summed E-state index contributed by atoms with van der Waals surface area (Å²) in [6.07, 6.45) is -0.236. The molecule has 0 aromatic rings. The Morgan fingerprint density at radius 2 is 2.56 bits per heavy atom. The van der Waals surface area contributed by atoms with Gasteiger partial charge in [-0.3, -0.25) is 0 Å². The molecule has 0 radical (unpaired) electrons. The van der Waals surface area contributed by atoms with Crippen molar-refractivity contribution in [2.24, 2.45) is 5.73 Å². The van der Waals surface area contributed by atoms with Crippen LogP contribution < -0.4 is 5.73 Å². The van der Waals surface area contributed by atoms with E-state index >= 15 is 0 Å². The molecule has 1 heterocycles. The predicted molar refractivity (Wildman–Crippen MR) is 32.0 cm³/mol. The second-order valence-electron chi connectivity index (χ2n) is 1.89. The summed E-state index contributed by atoms with van der Waals surface area (Å²) in [6.45, 7) is 2.32. The van der Waals surface area contributed by atoms with E-state index in [9.17, 15) is 4.79 Å². The van der Waals surface area contributed by atoms with Crippen LogP contribution in [0, 0.1) is 0 Å².